The Hall–Kier alpha value is -2.95. The highest BCUT2D eigenvalue weighted by Crippen LogP contribution is 2.20. The molecule has 98 valence electrons. The van der Waals surface area contributed by atoms with Crippen LogP contribution in [-0.2, 0) is 0 Å². The summed E-state index contributed by atoms with van der Waals surface area (Å²) in [5.41, 5.74) is 2.11. The number of aromatic nitrogens is 3. The van der Waals surface area contributed by atoms with E-state index in [9.17, 15) is 4.79 Å². The fourth-order valence-corrected chi connectivity index (χ4v) is 1.90. The largest absolute Gasteiger partial charge is 0.320 e. The third-order valence-electron chi connectivity index (χ3n) is 2.86. The van der Waals surface area contributed by atoms with Gasteiger partial charge in [-0.1, -0.05) is 12.1 Å². The molecule has 0 fully saturated rings. The van der Waals surface area contributed by atoms with Crippen molar-refractivity contribution in [3.63, 3.8) is 0 Å². The van der Waals surface area contributed by atoms with E-state index in [1.165, 1.54) is 6.20 Å². The first-order valence-electron chi connectivity index (χ1n) is 6.13. The van der Waals surface area contributed by atoms with E-state index in [4.69, 9.17) is 0 Å². The minimum Gasteiger partial charge on any atom is -0.320 e. The molecular formula is C15H12N4O. The Morgan fingerprint density at radius 3 is 2.70 bits per heavy atom. The molecule has 1 amide bonds. The number of nitrogens with one attached hydrogen (secondary N) is 1. The van der Waals surface area contributed by atoms with Gasteiger partial charge >= 0.3 is 0 Å². The number of benzene rings is 1. The quantitative estimate of drug-likeness (QED) is 0.790. The van der Waals surface area contributed by atoms with Crippen LogP contribution in [0.15, 0.2) is 67.5 Å². The fraction of sp³-hybridized carbons (Fsp3) is 0. The Labute approximate surface area is 115 Å². The highest BCUT2D eigenvalue weighted by atomic mass is 16.1. The zero-order valence-electron chi connectivity index (χ0n) is 10.6. The van der Waals surface area contributed by atoms with Gasteiger partial charge in [-0.3, -0.25) is 9.78 Å². The molecule has 0 saturated carbocycles. The van der Waals surface area contributed by atoms with Crippen LogP contribution in [0.1, 0.15) is 10.4 Å². The summed E-state index contributed by atoms with van der Waals surface area (Å²) in [6, 6.07) is 11.0. The molecule has 1 N–H and O–H groups in total. The van der Waals surface area contributed by atoms with Crippen molar-refractivity contribution >= 4 is 11.6 Å². The molecule has 0 saturated heterocycles. The Kier molecular flexibility index (Phi) is 3.24. The minimum atomic E-state index is -0.189. The van der Waals surface area contributed by atoms with E-state index in [0.29, 0.717) is 5.56 Å². The van der Waals surface area contributed by atoms with Gasteiger partial charge in [0.2, 0.25) is 0 Å². The van der Waals surface area contributed by atoms with Crippen LogP contribution in [0.2, 0.25) is 0 Å². The van der Waals surface area contributed by atoms with Gasteiger partial charge in [-0.05, 0) is 24.3 Å². The molecule has 3 rings (SSSR count). The fourth-order valence-electron chi connectivity index (χ4n) is 1.90. The third kappa shape index (κ3) is 2.42. The number of amides is 1. The summed E-state index contributed by atoms with van der Waals surface area (Å²) in [7, 11) is 0. The molecule has 0 aliphatic rings. The lowest BCUT2D eigenvalue weighted by Crippen LogP contribution is -2.13. The number of nitrogens with zero attached hydrogens (tertiary/aromatic N) is 3. The lowest BCUT2D eigenvalue weighted by Gasteiger charge is -2.11. The number of rotatable bonds is 3. The molecule has 0 unspecified atom stereocenters. The van der Waals surface area contributed by atoms with Gasteiger partial charge in [0.15, 0.2) is 0 Å². The van der Waals surface area contributed by atoms with E-state index >= 15 is 0 Å². The Bertz CT molecular complexity index is 708. The number of para-hydroxylation sites is 2. The molecule has 2 heterocycles. The Morgan fingerprint density at radius 2 is 1.95 bits per heavy atom. The average molecular weight is 264 g/mol. The molecule has 3 aromatic rings. The lowest BCUT2D eigenvalue weighted by atomic mass is 10.2. The predicted molar refractivity (Wildman–Crippen MR) is 75.8 cm³/mol. The Morgan fingerprint density at radius 1 is 1.05 bits per heavy atom. The number of hydrogen-bond acceptors (Lipinski definition) is 3. The number of pyridine rings is 1. The second-order valence-electron chi connectivity index (χ2n) is 4.18. The molecule has 1 aromatic carbocycles. The maximum Gasteiger partial charge on any atom is 0.257 e. The van der Waals surface area contributed by atoms with Crippen LogP contribution in [-0.4, -0.2) is 20.4 Å². The van der Waals surface area contributed by atoms with E-state index in [1.807, 2.05) is 35.0 Å². The summed E-state index contributed by atoms with van der Waals surface area (Å²) in [5.74, 6) is -0.189. The van der Waals surface area contributed by atoms with Gasteiger partial charge in [0.1, 0.15) is 0 Å². The van der Waals surface area contributed by atoms with E-state index < -0.39 is 0 Å². The average Bonchev–Trinajstić information content (AvgIpc) is 3.03. The van der Waals surface area contributed by atoms with Crippen molar-refractivity contribution in [1.82, 2.24) is 14.5 Å². The van der Waals surface area contributed by atoms with Crippen molar-refractivity contribution in [3.05, 3.63) is 73.1 Å². The summed E-state index contributed by atoms with van der Waals surface area (Å²) in [5, 5.41) is 2.89. The minimum absolute atomic E-state index is 0.189. The van der Waals surface area contributed by atoms with Gasteiger partial charge in [-0.25, -0.2) is 4.98 Å². The smallest absolute Gasteiger partial charge is 0.257 e. The normalized spacial score (nSPS) is 10.2. The van der Waals surface area contributed by atoms with Gasteiger partial charge in [-0.15, -0.1) is 0 Å². The summed E-state index contributed by atoms with van der Waals surface area (Å²) in [6.45, 7) is 0. The first kappa shape index (κ1) is 12.1. The summed E-state index contributed by atoms with van der Waals surface area (Å²) in [6.07, 6.45) is 8.38. The highest BCUT2D eigenvalue weighted by molar-refractivity contribution is 6.05. The molecule has 0 bridgehead atoms. The van der Waals surface area contributed by atoms with E-state index in [2.05, 4.69) is 15.3 Å². The summed E-state index contributed by atoms with van der Waals surface area (Å²) in [4.78, 5) is 20.1. The van der Waals surface area contributed by atoms with Crippen molar-refractivity contribution in [3.8, 4) is 5.69 Å². The van der Waals surface area contributed by atoms with Crippen molar-refractivity contribution in [1.29, 1.82) is 0 Å². The van der Waals surface area contributed by atoms with Crippen LogP contribution >= 0.6 is 0 Å². The molecule has 0 radical (unpaired) electrons. The van der Waals surface area contributed by atoms with E-state index in [1.54, 1.807) is 30.9 Å². The van der Waals surface area contributed by atoms with Crippen LogP contribution < -0.4 is 5.32 Å². The molecule has 0 atom stereocenters. The molecule has 0 aliphatic heterocycles. The van der Waals surface area contributed by atoms with Gasteiger partial charge < -0.3 is 9.88 Å². The Balaban J connectivity index is 1.90. The standard InChI is InChI=1S/C15H12N4O/c20-15(12-4-3-7-16-10-12)18-13-5-1-2-6-14(13)19-9-8-17-11-19/h1-11H,(H,18,20). The zero-order valence-corrected chi connectivity index (χ0v) is 10.6. The van der Waals surface area contributed by atoms with Crippen LogP contribution in [0.3, 0.4) is 0 Å². The van der Waals surface area contributed by atoms with Crippen LogP contribution in [0.25, 0.3) is 5.69 Å². The number of anilines is 1. The molecule has 20 heavy (non-hydrogen) atoms. The van der Waals surface area contributed by atoms with Crippen LogP contribution in [0.5, 0.6) is 0 Å². The molecule has 2 aromatic heterocycles. The van der Waals surface area contributed by atoms with Crippen LogP contribution in [0.4, 0.5) is 5.69 Å². The summed E-state index contributed by atoms with van der Waals surface area (Å²) < 4.78 is 1.85. The molecule has 5 nitrogen and oxygen atoms in total. The van der Waals surface area contributed by atoms with E-state index in [0.717, 1.165) is 11.4 Å². The number of hydrogen-bond donors (Lipinski definition) is 1. The lowest BCUT2D eigenvalue weighted by molar-refractivity contribution is 0.102. The van der Waals surface area contributed by atoms with E-state index in [-0.39, 0.29) is 5.91 Å². The van der Waals surface area contributed by atoms with Crippen LogP contribution in [0, 0.1) is 0 Å². The first-order valence-corrected chi connectivity index (χ1v) is 6.13. The number of imidazole rings is 1. The SMILES string of the molecule is O=C(Nc1ccccc1-n1ccnc1)c1cccnc1. The van der Waals surface area contributed by atoms with Crippen molar-refractivity contribution < 1.29 is 4.79 Å². The molecule has 0 aliphatic carbocycles. The maximum absolute atomic E-state index is 12.2. The van der Waals surface area contributed by atoms with Gasteiger partial charge in [-0.2, -0.15) is 0 Å². The van der Waals surface area contributed by atoms with Gasteiger partial charge in [0.25, 0.3) is 5.91 Å². The highest BCUT2D eigenvalue weighted by Gasteiger charge is 2.09. The topological polar surface area (TPSA) is 59.8 Å². The predicted octanol–water partition coefficient (Wildman–Crippen LogP) is 2.52. The van der Waals surface area contributed by atoms with Crippen molar-refractivity contribution in [2.75, 3.05) is 5.32 Å². The van der Waals surface area contributed by atoms with Crippen molar-refractivity contribution in [2.24, 2.45) is 0 Å². The molecule has 5 heteroatoms. The number of carbonyl (C=O) groups excluding carboxylic acids is 1. The second kappa shape index (κ2) is 5.36. The monoisotopic (exact) mass is 264 g/mol. The first-order chi connectivity index (χ1) is 9.84. The maximum atomic E-state index is 12.2. The third-order valence-corrected chi connectivity index (χ3v) is 2.86. The second-order valence-corrected chi connectivity index (χ2v) is 4.18. The molecular weight excluding hydrogens is 252 g/mol. The van der Waals surface area contributed by atoms with Gasteiger partial charge in [0, 0.05) is 24.8 Å². The molecule has 0 spiro atoms. The van der Waals surface area contributed by atoms with Crippen molar-refractivity contribution in [2.45, 2.75) is 0 Å². The number of carbonyl (C=O) groups is 1. The summed E-state index contributed by atoms with van der Waals surface area (Å²) >= 11 is 0. The zero-order chi connectivity index (χ0) is 13.8. The van der Waals surface area contributed by atoms with Gasteiger partial charge in [0.05, 0.1) is 23.3 Å².